The Bertz CT molecular complexity index is 1500. The lowest BCUT2D eigenvalue weighted by atomic mass is 9.98. The van der Waals surface area contributed by atoms with Crippen LogP contribution in [0.2, 0.25) is 10.0 Å². The van der Waals surface area contributed by atoms with Crippen molar-refractivity contribution in [1.82, 2.24) is 13.7 Å². The minimum absolute atomic E-state index is 0.0502. The Kier molecular flexibility index (Phi) is 9.27. The van der Waals surface area contributed by atoms with Gasteiger partial charge in [0.15, 0.2) is 0 Å². The molecule has 9 nitrogen and oxygen atoms in total. The average molecular weight is 668 g/mol. The van der Waals surface area contributed by atoms with Crippen molar-refractivity contribution in [1.29, 1.82) is 0 Å². The topological polar surface area (TPSA) is 96.5 Å². The Morgan fingerprint density at radius 2 is 1.72 bits per heavy atom. The van der Waals surface area contributed by atoms with Crippen LogP contribution in [-0.4, -0.2) is 79.0 Å². The second-order valence-electron chi connectivity index (χ2n) is 10.7. The first-order valence-corrected chi connectivity index (χ1v) is 15.6. The average Bonchev–Trinajstić information content (AvgIpc) is 3.70. The van der Waals surface area contributed by atoms with Crippen LogP contribution in [0.5, 0.6) is 0 Å². The number of carbonyl (C=O) groups is 2. The zero-order valence-corrected chi connectivity index (χ0v) is 24.9. The molecule has 0 radical (unpaired) electrons. The van der Waals surface area contributed by atoms with Crippen LogP contribution in [0.25, 0.3) is 0 Å². The molecule has 0 aromatic heterocycles. The molecule has 16 heteroatoms. The summed E-state index contributed by atoms with van der Waals surface area (Å²) < 4.78 is 86.1. The van der Waals surface area contributed by atoms with Gasteiger partial charge in [-0.15, -0.1) is 0 Å². The maximum Gasteiger partial charge on any atom is 0.493 e. The van der Waals surface area contributed by atoms with Crippen LogP contribution in [0, 0.1) is 5.82 Å². The smallest absolute Gasteiger partial charge is 0.375 e. The zero-order valence-electron chi connectivity index (χ0n) is 22.6. The highest BCUT2D eigenvalue weighted by atomic mass is 35.5. The van der Waals surface area contributed by atoms with E-state index in [4.69, 9.17) is 27.9 Å². The second-order valence-corrected chi connectivity index (χ2v) is 13.3. The number of carbonyl (C=O) groups excluding carboxylic acids is 2. The van der Waals surface area contributed by atoms with E-state index in [0.717, 1.165) is 30.5 Å². The molecule has 2 aromatic rings. The van der Waals surface area contributed by atoms with Gasteiger partial charge in [-0.25, -0.2) is 9.18 Å². The summed E-state index contributed by atoms with van der Waals surface area (Å²) in [7, 11) is -5.00. The molecule has 3 fully saturated rings. The SMILES string of the molecule is O=C(c1cc(C2CC2)c(CN2CCO[C@H](Cc3cc(Cl)cc(Cl)c3)C2)cc1F)N(OC(=O)C(F)(F)F)S(=O)(=O)N1CCC1. The third-order valence-corrected chi connectivity index (χ3v) is 9.51. The maximum absolute atomic E-state index is 15.5. The minimum Gasteiger partial charge on any atom is -0.375 e. The lowest BCUT2D eigenvalue weighted by molar-refractivity contribution is -0.217. The molecule has 0 N–H and O–H groups in total. The predicted molar refractivity (Wildman–Crippen MR) is 147 cm³/mol. The van der Waals surface area contributed by atoms with Crippen molar-refractivity contribution in [2.75, 3.05) is 32.8 Å². The van der Waals surface area contributed by atoms with E-state index in [9.17, 15) is 31.2 Å². The molecule has 1 amide bonds. The Hall–Kier alpha value is -2.49. The summed E-state index contributed by atoms with van der Waals surface area (Å²) in [5.41, 5.74) is 1.19. The van der Waals surface area contributed by atoms with Gasteiger partial charge in [-0.05, 0) is 83.1 Å². The van der Waals surface area contributed by atoms with Gasteiger partial charge in [-0.2, -0.15) is 25.9 Å². The van der Waals surface area contributed by atoms with E-state index >= 15 is 4.39 Å². The monoisotopic (exact) mass is 667 g/mol. The fourth-order valence-corrected chi connectivity index (χ4v) is 7.00. The molecule has 1 saturated carbocycles. The molecule has 1 atom stereocenters. The Balaban J connectivity index is 1.38. The van der Waals surface area contributed by atoms with Gasteiger partial charge < -0.3 is 9.57 Å². The molecule has 2 aromatic carbocycles. The zero-order chi connectivity index (χ0) is 31.1. The number of hydrogen-bond acceptors (Lipinski definition) is 7. The molecule has 0 spiro atoms. The summed E-state index contributed by atoms with van der Waals surface area (Å²) in [5.74, 6) is -5.87. The highest BCUT2D eigenvalue weighted by Gasteiger charge is 2.48. The molecule has 2 heterocycles. The van der Waals surface area contributed by atoms with Crippen LogP contribution < -0.4 is 0 Å². The van der Waals surface area contributed by atoms with Gasteiger partial charge in [0.1, 0.15) is 5.82 Å². The molecule has 1 aliphatic carbocycles. The minimum atomic E-state index is -5.60. The van der Waals surface area contributed by atoms with Gasteiger partial charge in [0.2, 0.25) is 0 Å². The molecule has 2 saturated heterocycles. The van der Waals surface area contributed by atoms with Crippen LogP contribution in [0.4, 0.5) is 17.6 Å². The summed E-state index contributed by atoms with van der Waals surface area (Å²) >= 11 is 12.2. The predicted octanol–water partition coefficient (Wildman–Crippen LogP) is 4.87. The van der Waals surface area contributed by atoms with Crippen LogP contribution in [0.3, 0.4) is 0 Å². The van der Waals surface area contributed by atoms with Crippen molar-refractivity contribution in [3.8, 4) is 0 Å². The molecule has 43 heavy (non-hydrogen) atoms. The van der Waals surface area contributed by atoms with Crippen molar-refractivity contribution in [2.24, 2.45) is 0 Å². The highest BCUT2D eigenvalue weighted by Crippen LogP contribution is 2.43. The molecule has 0 bridgehead atoms. The first-order valence-electron chi connectivity index (χ1n) is 13.5. The summed E-state index contributed by atoms with van der Waals surface area (Å²) in [6.45, 7) is 1.52. The lowest BCUT2D eigenvalue weighted by Gasteiger charge is -2.34. The van der Waals surface area contributed by atoms with Gasteiger partial charge in [0, 0.05) is 42.8 Å². The van der Waals surface area contributed by atoms with Crippen LogP contribution in [0.1, 0.15) is 52.2 Å². The van der Waals surface area contributed by atoms with Crippen LogP contribution in [-0.2, 0) is 37.5 Å². The largest absolute Gasteiger partial charge is 0.493 e. The number of alkyl halides is 3. The van der Waals surface area contributed by atoms with Gasteiger partial charge in [0.05, 0.1) is 18.3 Å². The number of amides is 1. The summed E-state index contributed by atoms with van der Waals surface area (Å²) in [6.07, 6.45) is -3.43. The molecular weight excluding hydrogens is 641 g/mol. The van der Waals surface area contributed by atoms with Gasteiger partial charge in [0.25, 0.3) is 0 Å². The van der Waals surface area contributed by atoms with E-state index in [-0.39, 0.29) is 31.7 Å². The van der Waals surface area contributed by atoms with E-state index in [1.807, 2.05) is 4.90 Å². The van der Waals surface area contributed by atoms with Crippen molar-refractivity contribution < 1.29 is 45.1 Å². The fraction of sp³-hybridized carbons (Fsp3) is 0.481. The quantitative estimate of drug-likeness (QED) is 0.293. The van der Waals surface area contributed by atoms with Crippen LogP contribution in [0.15, 0.2) is 30.3 Å². The van der Waals surface area contributed by atoms with E-state index in [1.54, 1.807) is 18.2 Å². The standard InChI is InChI=1S/C27H27Cl2F4N3O6S/c28-19-8-16(9-20(29)12-19)10-21-15-34(6-7-41-21)14-18-11-24(30)23(13-22(18)17-2-3-17)25(37)36(42-26(38)27(31,32)33)43(39,40)35-4-1-5-35/h8-9,11-13,17,21H,1-7,10,14-15H2/t21-/m1/s1. The van der Waals surface area contributed by atoms with Gasteiger partial charge >= 0.3 is 28.3 Å². The molecule has 3 aliphatic rings. The molecule has 2 aliphatic heterocycles. The Morgan fingerprint density at radius 1 is 1.05 bits per heavy atom. The number of ether oxygens (including phenoxy) is 1. The third kappa shape index (κ3) is 7.43. The van der Waals surface area contributed by atoms with Crippen molar-refractivity contribution in [2.45, 2.75) is 50.4 Å². The van der Waals surface area contributed by atoms with Gasteiger partial charge in [-0.3, -0.25) is 9.69 Å². The van der Waals surface area contributed by atoms with Crippen molar-refractivity contribution >= 4 is 45.3 Å². The van der Waals surface area contributed by atoms with Crippen molar-refractivity contribution in [3.05, 3.63) is 68.4 Å². The van der Waals surface area contributed by atoms with Crippen LogP contribution >= 0.6 is 23.2 Å². The fourth-order valence-electron chi connectivity index (χ4n) is 5.03. The third-order valence-electron chi connectivity index (χ3n) is 7.39. The number of benzene rings is 2. The molecule has 234 valence electrons. The molecular formula is C27H27Cl2F4N3O6S. The van der Waals surface area contributed by atoms with Crippen molar-refractivity contribution in [3.63, 3.8) is 0 Å². The Labute approximate surface area is 255 Å². The number of rotatable bonds is 8. The number of morpholine rings is 1. The second kappa shape index (κ2) is 12.5. The number of halogens is 6. The number of hydroxylamine groups is 1. The highest BCUT2D eigenvalue weighted by molar-refractivity contribution is 7.87. The van der Waals surface area contributed by atoms with E-state index in [1.165, 1.54) is 0 Å². The van der Waals surface area contributed by atoms with E-state index in [2.05, 4.69) is 4.84 Å². The number of hydrogen-bond donors (Lipinski definition) is 0. The summed E-state index contributed by atoms with van der Waals surface area (Å²) in [4.78, 5) is 30.9. The molecule has 0 unspecified atom stereocenters. The first kappa shape index (κ1) is 31.9. The normalized spacial score (nSPS) is 20.0. The summed E-state index contributed by atoms with van der Waals surface area (Å²) in [6, 6.07) is 7.45. The lowest BCUT2D eigenvalue weighted by Crippen LogP contribution is -2.53. The number of nitrogens with zero attached hydrogens (tertiary/aromatic N) is 3. The Morgan fingerprint density at radius 3 is 2.30 bits per heavy atom. The van der Waals surface area contributed by atoms with E-state index in [0.29, 0.717) is 58.0 Å². The maximum atomic E-state index is 15.5. The first-order chi connectivity index (χ1) is 20.2. The van der Waals surface area contributed by atoms with E-state index < -0.39 is 44.1 Å². The molecule has 5 rings (SSSR count). The van der Waals surface area contributed by atoms with Gasteiger partial charge in [-0.1, -0.05) is 23.2 Å². The summed E-state index contributed by atoms with van der Waals surface area (Å²) in [5, 5.41) is 0.998.